The number of nitrogens with one attached hydrogen (secondary N) is 2. The average Bonchev–Trinajstić information content (AvgIpc) is 3.18. The van der Waals surface area contributed by atoms with Gasteiger partial charge in [-0.05, 0) is 86.2 Å². The lowest BCUT2D eigenvalue weighted by Gasteiger charge is -2.32. The zero-order chi connectivity index (χ0) is 19.0. The Morgan fingerprint density at radius 1 is 1.07 bits per heavy atom. The van der Waals surface area contributed by atoms with Gasteiger partial charge in [0.05, 0.1) is 5.75 Å². The summed E-state index contributed by atoms with van der Waals surface area (Å²) in [6, 6.07) is 1.67. The Kier molecular flexibility index (Phi) is 5.16. The number of benzene rings is 1. The molecule has 1 aromatic carbocycles. The number of nitrogens with zero attached hydrogens (tertiary/aromatic N) is 1. The van der Waals surface area contributed by atoms with Crippen LogP contribution >= 0.6 is 0 Å². The first-order valence-corrected chi connectivity index (χ1v) is 11.8. The molecule has 27 heavy (non-hydrogen) atoms. The second-order valence-electron chi connectivity index (χ2n) is 8.33. The van der Waals surface area contributed by atoms with Crippen LogP contribution in [0.2, 0.25) is 0 Å². The average molecular weight is 392 g/mol. The number of amides is 2. The van der Waals surface area contributed by atoms with Crippen molar-refractivity contribution < 1.29 is 13.2 Å². The van der Waals surface area contributed by atoms with Crippen LogP contribution < -0.4 is 10.0 Å². The molecule has 4 rings (SSSR count). The second-order valence-corrected chi connectivity index (χ2v) is 10.1. The lowest BCUT2D eigenvalue weighted by molar-refractivity contribution is 0.162. The topological polar surface area (TPSA) is 78.5 Å². The minimum Gasteiger partial charge on any atom is -0.307 e. The zero-order valence-corrected chi connectivity index (χ0v) is 16.8. The summed E-state index contributed by atoms with van der Waals surface area (Å²) in [5.74, 6) is -0.0251. The molecule has 7 heteroatoms. The Balaban J connectivity index is 1.42. The molecule has 3 aliphatic rings. The van der Waals surface area contributed by atoms with Crippen molar-refractivity contribution in [2.75, 3.05) is 30.7 Å². The number of likely N-dealkylation sites (tertiary alicyclic amines) is 1. The van der Waals surface area contributed by atoms with Gasteiger partial charge in [-0.25, -0.2) is 17.9 Å². The largest absolute Gasteiger partial charge is 0.332 e. The summed E-state index contributed by atoms with van der Waals surface area (Å²) in [5, 5.41) is 2.90. The number of hydrogen-bond donors (Lipinski definition) is 2. The Bertz CT molecular complexity index is 814. The summed E-state index contributed by atoms with van der Waals surface area (Å²) < 4.78 is 27.0. The number of carbonyl (C=O) groups excluding carboxylic acids is 1. The van der Waals surface area contributed by atoms with E-state index in [1.54, 1.807) is 0 Å². The molecule has 0 aromatic heterocycles. The van der Waals surface area contributed by atoms with Gasteiger partial charge in [-0.2, -0.15) is 0 Å². The van der Waals surface area contributed by atoms with Gasteiger partial charge in [0.1, 0.15) is 0 Å². The van der Waals surface area contributed by atoms with E-state index in [-0.39, 0.29) is 11.7 Å². The van der Waals surface area contributed by atoms with Crippen molar-refractivity contribution in [1.82, 2.24) is 9.62 Å². The predicted molar refractivity (Wildman–Crippen MR) is 107 cm³/mol. The van der Waals surface area contributed by atoms with Crippen LogP contribution in [0.25, 0.3) is 0 Å². The minimum atomic E-state index is -3.65. The van der Waals surface area contributed by atoms with Crippen molar-refractivity contribution in [2.45, 2.75) is 51.9 Å². The van der Waals surface area contributed by atoms with Crippen molar-refractivity contribution >= 4 is 21.7 Å². The number of fused-ring (bicyclic) bond motifs is 2. The van der Waals surface area contributed by atoms with Gasteiger partial charge in [0.2, 0.25) is 10.0 Å². The maximum absolute atomic E-state index is 12.5. The lowest BCUT2D eigenvalue weighted by Crippen LogP contribution is -2.43. The fourth-order valence-corrected chi connectivity index (χ4v) is 5.99. The third-order valence-electron chi connectivity index (χ3n) is 5.98. The van der Waals surface area contributed by atoms with Crippen LogP contribution in [0.5, 0.6) is 0 Å². The Morgan fingerprint density at radius 3 is 2.26 bits per heavy atom. The third-order valence-corrected chi connectivity index (χ3v) is 7.49. The van der Waals surface area contributed by atoms with Crippen molar-refractivity contribution in [1.29, 1.82) is 0 Å². The highest BCUT2D eigenvalue weighted by Crippen LogP contribution is 2.38. The van der Waals surface area contributed by atoms with Gasteiger partial charge in [0, 0.05) is 12.2 Å². The van der Waals surface area contributed by atoms with Gasteiger partial charge in [-0.3, -0.25) is 0 Å². The van der Waals surface area contributed by atoms with Crippen LogP contribution in [-0.4, -0.2) is 44.7 Å². The van der Waals surface area contributed by atoms with Crippen LogP contribution in [0.3, 0.4) is 0 Å². The van der Waals surface area contributed by atoms with Gasteiger partial charge in [-0.15, -0.1) is 0 Å². The van der Waals surface area contributed by atoms with E-state index in [4.69, 9.17) is 0 Å². The highest BCUT2D eigenvalue weighted by Gasteiger charge is 2.27. The highest BCUT2D eigenvalue weighted by molar-refractivity contribution is 7.90. The fourth-order valence-electron chi connectivity index (χ4n) is 4.72. The molecule has 1 unspecified atom stereocenters. The van der Waals surface area contributed by atoms with Crippen LogP contribution in [0, 0.1) is 5.92 Å². The van der Waals surface area contributed by atoms with E-state index < -0.39 is 16.1 Å². The maximum Gasteiger partial charge on any atom is 0.332 e. The van der Waals surface area contributed by atoms with Crippen LogP contribution in [0.15, 0.2) is 6.07 Å². The number of urea groups is 1. The molecule has 2 N–H and O–H groups in total. The number of sulfonamides is 1. The van der Waals surface area contributed by atoms with E-state index in [1.165, 1.54) is 28.7 Å². The number of hydrogen-bond acceptors (Lipinski definition) is 4. The normalized spacial score (nSPS) is 19.9. The van der Waals surface area contributed by atoms with Gasteiger partial charge >= 0.3 is 6.03 Å². The Hall–Kier alpha value is -1.60. The molecular weight excluding hydrogens is 362 g/mol. The highest BCUT2D eigenvalue weighted by atomic mass is 32.2. The molecule has 1 fully saturated rings. The molecule has 2 aliphatic carbocycles. The van der Waals surface area contributed by atoms with Crippen LogP contribution in [-0.2, 0) is 35.7 Å². The fraction of sp³-hybridized carbons (Fsp3) is 0.650. The number of carbonyl (C=O) groups is 1. The molecule has 1 aliphatic heterocycles. The van der Waals surface area contributed by atoms with E-state index in [0.29, 0.717) is 0 Å². The SMILES string of the molecule is CC(CN1CCC1)CS(=O)(=O)NC(=O)Nc1c2c(cc3c1CCC3)CCC2. The van der Waals surface area contributed by atoms with Gasteiger partial charge in [0.25, 0.3) is 0 Å². The zero-order valence-electron chi connectivity index (χ0n) is 16.0. The molecule has 1 aromatic rings. The molecule has 2 amide bonds. The first-order chi connectivity index (χ1) is 12.9. The maximum atomic E-state index is 12.5. The van der Waals surface area contributed by atoms with E-state index >= 15 is 0 Å². The summed E-state index contributed by atoms with van der Waals surface area (Å²) in [4.78, 5) is 14.7. The summed E-state index contributed by atoms with van der Waals surface area (Å²) >= 11 is 0. The predicted octanol–water partition coefficient (Wildman–Crippen LogP) is 2.46. The van der Waals surface area contributed by atoms with Gasteiger partial charge in [0.15, 0.2) is 0 Å². The number of aryl methyl sites for hydroxylation is 2. The monoisotopic (exact) mass is 391 g/mol. The standard InChI is InChI=1S/C20H29N3O3S/c1-14(12-23-9-4-10-23)13-27(25,26)22-20(24)21-19-17-7-2-5-15(17)11-16-6-3-8-18(16)19/h11,14H,2-10,12-13H2,1H3,(H2,21,22,24). The van der Waals surface area contributed by atoms with Crippen LogP contribution in [0.1, 0.15) is 48.4 Å². The number of anilines is 1. The number of rotatable bonds is 6. The van der Waals surface area contributed by atoms with Gasteiger partial charge < -0.3 is 10.2 Å². The Labute approximate surface area is 161 Å². The van der Waals surface area contributed by atoms with E-state index in [2.05, 4.69) is 21.0 Å². The molecule has 1 atom stereocenters. The molecule has 6 nitrogen and oxygen atoms in total. The molecular formula is C20H29N3O3S. The Morgan fingerprint density at radius 2 is 1.70 bits per heavy atom. The quantitative estimate of drug-likeness (QED) is 0.781. The molecule has 1 heterocycles. The van der Waals surface area contributed by atoms with E-state index in [0.717, 1.165) is 63.8 Å². The molecule has 148 valence electrons. The van der Waals surface area contributed by atoms with Crippen molar-refractivity contribution in [3.05, 3.63) is 28.3 Å². The second kappa shape index (κ2) is 7.43. The van der Waals surface area contributed by atoms with Crippen LogP contribution in [0.4, 0.5) is 10.5 Å². The molecule has 0 bridgehead atoms. The van der Waals surface area contributed by atoms with Crippen molar-refractivity contribution in [3.63, 3.8) is 0 Å². The summed E-state index contributed by atoms with van der Waals surface area (Å²) in [6.45, 7) is 4.78. The van der Waals surface area contributed by atoms with E-state index in [9.17, 15) is 13.2 Å². The smallest absolute Gasteiger partial charge is 0.307 e. The van der Waals surface area contributed by atoms with Crippen molar-refractivity contribution in [2.24, 2.45) is 5.92 Å². The first-order valence-electron chi connectivity index (χ1n) is 10.1. The molecule has 0 spiro atoms. The summed E-state index contributed by atoms with van der Waals surface area (Å²) in [5.41, 5.74) is 5.91. The molecule has 1 saturated heterocycles. The molecule has 0 saturated carbocycles. The first kappa shape index (κ1) is 18.7. The summed E-state index contributed by atoms with van der Waals surface area (Å²) in [7, 11) is -3.65. The van der Waals surface area contributed by atoms with Crippen molar-refractivity contribution in [3.8, 4) is 0 Å². The van der Waals surface area contributed by atoms with E-state index in [1.807, 2.05) is 6.92 Å². The lowest BCUT2D eigenvalue weighted by atomic mass is 9.99. The molecule has 0 radical (unpaired) electrons. The minimum absolute atomic E-state index is 0.000759. The van der Waals surface area contributed by atoms with Gasteiger partial charge in [-0.1, -0.05) is 13.0 Å². The third kappa shape index (κ3) is 4.14. The summed E-state index contributed by atoms with van der Waals surface area (Å²) in [6.07, 6.45) is 7.39.